The first-order chi connectivity index (χ1) is 13.2. The van der Waals surface area contributed by atoms with Gasteiger partial charge in [-0.3, -0.25) is 4.79 Å². The van der Waals surface area contributed by atoms with Gasteiger partial charge in [-0.25, -0.2) is 0 Å². The van der Waals surface area contributed by atoms with Crippen LogP contribution in [0.15, 0.2) is 42.2 Å². The zero-order valence-electron chi connectivity index (χ0n) is 14.6. The van der Waals surface area contributed by atoms with E-state index in [1.807, 2.05) is 0 Å². The maximum absolute atomic E-state index is 12.2. The molecule has 0 aliphatic heterocycles. The Morgan fingerprint density at radius 2 is 1.14 bits per heavy atom. The molecule has 0 atom stereocenters. The number of phenolic OH excluding ortho intramolecular Hbond substituents is 2. The number of phenols is 2. The van der Waals surface area contributed by atoms with Gasteiger partial charge in [0.1, 0.15) is 0 Å². The van der Waals surface area contributed by atoms with E-state index in [4.69, 9.17) is 9.47 Å². The summed E-state index contributed by atoms with van der Waals surface area (Å²) in [5.74, 6) is 0.236. The van der Waals surface area contributed by atoms with Crippen LogP contribution in [0.2, 0.25) is 0 Å². The summed E-state index contributed by atoms with van der Waals surface area (Å²) in [7, 11) is 2.89. The molecule has 9 heteroatoms. The molecule has 0 fully saturated rings. The number of aromatic hydroxyl groups is 2. The van der Waals surface area contributed by atoms with E-state index in [1.54, 1.807) is 24.3 Å². The average Bonchev–Trinajstić information content (AvgIpc) is 2.69. The summed E-state index contributed by atoms with van der Waals surface area (Å²) >= 11 is 13.3. The van der Waals surface area contributed by atoms with Crippen LogP contribution >= 0.6 is 63.7 Å². The van der Waals surface area contributed by atoms with Gasteiger partial charge in [0.2, 0.25) is 0 Å². The highest BCUT2D eigenvalue weighted by Gasteiger charge is 2.14. The van der Waals surface area contributed by atoms with Gasteiger partial charge in [-0.15, -0.1) is 0 Å². The number of hydrogen-bond acceptors (Lipinski definition) is 5. The number of ketones is 1. The molecule has 0 spiro atoms. The molecule has 0 aliphatic rings. The van der Waals surface area contributed by atoms with Crippen LogP contribution in [-0.2, 0) is 4.79 Å². The second-order valence-electron chi connectivity index (χ2n) is 5.36. The minimum Gasteiger partial charge on any atom is -0.503 e. The van der Waals surface area contributed by atoms with Crippen LogP contribution in [0.1, 0.15) is 11.1 Å². The molecule has 0 bridgehead atoms. The van der Waals surface area contributed by atoms with Gasteiger partial charge in [0.05, 0.1) is 23.2 Å². The van der Waals surface area contributed by atoms with Gasteiger partial charge in [-0.1, -0.05) is 0 Å². The average molecular weight is 642 g/mol. The van der Waals surface area contributed by atoms with Crippen LogP contribution in [0.4, 0.5) is 0 Å². The predicted octanol–water partition coefficient (Wildman–Crippen LogP) is 6.46. The van der Waals surface area contributed by atoms with Crippen LogP contribution in [0.5, 0.6) is 23.0 Å². The molecule has 2 aromatic carbocycles. The Morgan fingerprint density at radius 1 is 0.786 bits per heavy atom. The number of halogens is 4. The van der Waals surface area contributed by atoms with Gasteiger partial charge < -0.3 is 19.7 Å². The quantitative estimate of drug-likeness (QED) is 0.354. The minimum absolute atomic E-state index is 0.0329. The topological polar surface area (TPSA) is 76.0 Å². The Bertz CT molecular complexity index is 906. The molecule has 0 saturated heterocycles. The molecule has 0 aromatic heterocycles. The monoisotopic (exact) mass is 638 g/mol. The van der Waals surface area contributed by atoms with Crippen molar-refractivity contribution >= 4 is 81.7 Å². The third-order valence-electron chi connectivity index (χ3n) is 3.64. The lowest BCUT2D eigenvalue weighted by atomic mass is 10.1. The summed E-state index contributed by atoms with van der Waals surface area (Å²) in [6.07, 6.45) is 5.98. The summed E-state index contributed by atoms with van der Waals surface area (Å²) < 4.78 is 12.3. The fourth-order valence-electron chi connectivity index (χ4n) is 2.18. The lowest BCUT2D eigenvalue weighted by molar-refractivity contribution is -0.110. The molecule has 0 radical (unpaired) electrons. The molecule has 0 unspecified atom stereocenters. The molecule has 2 N–H and O–H groups in total. The molecule has 148 valence electrons. The summed E-state index contributed by atoms with van der Waals surface area (Å²) in [4.78, 5) is 12.2. The van der Waals surface area contributed by atoms with Crippen LogP contribution < -0.4 is 9.47 Å². The maximum atomic E-state index is 12.2. The second-order valence-corrected chi connectivity index (χ2v) is 8.53. The predicted molar refractivity (Wildman–Crippen MR) is 123 cm³/mol. The molecule has 28 heavy (non-hydrogen) atoms. The summed E-state index contributed by atoms with van der Waals surface area (Å²) in [5.41, 5.74) is 1.30. The Morgan fingerprint density at radius 3 is 1.46 bits per heavy atom. The highest BCUT2D eigenvalue weighted by molar-refractivity contribution is 9.13. The number of carbonyl (C=O) groups is 1. The number of ether oxygens (including phenoxy) is 2. The lowest BCUT2D eigenvalue weighted by Gasteiger charge is -2.09. The number of hydrogen-bond donors (Lipinski definition) is 2. The first-order valence-corrected chi connectivity index (χ1v) is 10.8. The van der Waals surface area contributed by atoms with E-state index in [0.29, 0.717) is 29.0 Å². The van der Waals surface area contributed by atoms with Gasteiger partial charge in [0, 0.05) is 8.95 Å². The third-order valence-corrected chi connectivity index (χ3v) is 7.96. The standard InChI is InChI=1S/C19H14Br4O5/c1-27-12-7-9(14(20)16(22)18(12)25)3-5-11(24)6-4-10-8-13(28-2)19(26)17(23)15(10)21/h3-8,25-26H,1-2H3. The first-order valence-electron chi connectivity index (χ1n) is 7.61. The molecule has 0 saturated carbocycles. The molecule has 5 nitrogen and oxygen atoms in total. The van der Waals surface area contributed by atoms with E-state index in [-0.39, 0.29) is 28.8 Å². The van der Waals surface area contributed by atoms with Crippen molar-refractivity contribution in [2.24, 2.45) is 0 Å². The first kappa shape index (κ1) is 23.0. The van der Waals surface area contributed by atoms with Crippen LogP contribution in [0.3, 0.4) is 0 Å². The van der Waals surface area contributed by atoms with E-state index in [0.717, 1.165) is 0 Å². The van der Waals surface area contributed by atoms with Gasteiger partial charge in [-0.2, -0.15) is 0 Å². The van der Waals surface area contributed by atoms with Gasteiger partial charge >= 0.3 is 0 Å². The van der Waals surface area contributed by atoms with Crippen molar-refractivity contribution in [2.75, 3.05) is 14.2 Å². The highest BCUT2D eigenvalue weighted by atomic mass is 79.9. The van der Waals surface area contributed by atoms with Crippen molar-refractivity contribution in [2.45, 2.75) is 0 Å². The van der Waals surface area contributed by atoms with E-state index < -0.39 is 0 Å². The molecule has 0 amide bonds. The summed E-state index contributed by atoms with van der Waals surface area (Å²) in [6, 6.07) is 3.21. The molecule has 0 aliphatic carbocycles. The molecular weight excluding hydrogens is 628 g/mol. The van der Waals surface area contributed by atoms with Crippen LogP contribution in [0.25, 0.3) is 12.2 Å². The Hall–Kier alpha value is -1.29. The van der Waals surface area contributed by atoms with Crippen molar-refractivity contribution in [3.63, 3.8) is 0 Å². The van der Waals surface area contributed by atoms with E-state index in [1.165, 1.54) is 26.4 Å². The molecular formula is C19H14Br4O5. The number of benzene rings is 2. The maximum Gasteiger partial charge on any atom is 0.178 e. The summed E-state index contributed by atoms with van der Waals surface area (Å²) in [6.45, 7) is 0. The number of methoxy groups -OCH3 is 2. The van der Waals surface area contributed by atoms with Crippen LogP contribution in [-0.4, -0.2) is 30.2 Å². The summed E-state index contributed by atoms with van der Waals surface area (Å²) in [5, 5.41) is 19.9. The minimum atomic E-state index is -0.259. The van der Waals surface area contributed by atoms with Gasteiger partial charge in [-0.05, 0) is 111 Å². The largest absolute Gasteiger partial charge is 0.503 e. The molecule has 2 rings (SSSR count). The number of carbonyl (C=O) groups excluding carboxylic acids is 1. The third kappa shape index (κ3) is 5.00. The van der Waals surface area contributed by atoms with Crippen molar-refractivity contribution in [3.05, 3.63) is 53.3 Å². The van der Waals surface area contributed by atoms with Crippen molar-refractivity contribution < 1.29 is 24.5 Å². The molecule has 2 aromatic rings. The zero-order valence-corrected chi connectivity index (χ0v) is 20.9. The Balaban J connectivity index is 2.28. The fourth-order valence-corrected chi connectivity index (χ4v) is 3.89. The second kappa shape index (κ2) is 9.96. The van der Waals surface area contributed by atoms with E-state index in [2.05, 4.69) is 63.7 Å². The molecule has 0 heterocycles. The fraction of sp³-hybridized carbons (Fsp3) is 0.105. The Labute approximate surface area is 195 Å². The zero-order chi connectivity index (χ0) is 21.0. The normalized spacial score (nSPS) is 11.4. The van der Waals surface area contributed by atoms with Crippen LogP contribution in [0, 0.1) is 0 Å². The lowest BCUT2D eigenvalue weighted by Crippen LogP contribution is -1.90. The van der Waals surface area contributed by atoms with Crippen molar-refractivity contribution in [3.8, 4) is 23.0 Å². The smallest absolute Gasteiger partial charge is 0.178 e. The number of allylic oxidation sites excluding steroid dienone is 2. The highest BCUT2D eigenvalue weighted by Crippen LogP contribution is 2.43. The van der Waals surface area contributed by atoms with Gasteiger partial charge in [0.25, 0.3) is 0 Å². The van der Waals surface area contributed by atoms with E-state index in [9.17, 15) is 15.0 Å². The van der Waals surface area contributed by atoms with Crippen molar-refractivity contribution in [1.29, 1.82) is 0 Å². The SMILES string of the molecule is COc1cc(C=CC(=O)C=Cc2cc(OC)c(O)c(Br)c2Br)c(Br)c(Br)c1O. The Kier molecular flexibility index (Phi) is 8.18. The van der Waals surface area contributed by atoms with Crippen molar-refractivity contribution in [1.82, 2.24) is 0 Å². The van der Waals surface area contributed by atoms with E-state index >= 15 is 0 Å². The van der Waals surface area contributed by atoms with Gasteiger partial charge in [0.15, 0.2) is 28.8 Å². The number of rotatable bonds is 6.